The minimum Gasteiger partial charge on any atom is -0.461 e. The van der Waals surface area contributed by atoms with Crippen molar-refractivity contribution in [1.82, 2.24) is 29.5 Å². The van der Waals surface area contributed by atoms with E-state index in [1.807, 2.05) is 14.1 Å². The first kappa shape index (κ1) is 30.1. The number of alkyl halides is 2. The Bertz CT molecular complexity index is 1550. The molecule has 242 valence electrons. The third kappa shape index (κ3) is 5.19. The number of nitrogens with zero attached hydrogens (tertiary/aromatic N) is 7. The van der Waals surface area contributed by atoms with E-state index in [0.29, 0.717) is 51.7 Å². The van der Waals surface area contributed by atoms with Gasteiger partial charge in [-0.1, -0.05) is 29.8 Å². The maximum atomic E-state index is 14.6. The van der Waals surface area contributed by atoms with E-state index >= 15 is 0 Å². The summed E-state index contributed by atoms with van der Waals surface area (Å²) >= 11 is 13.7. The van der Waals surface area contributed by atoms with Crippen LogP contribution in [0.2, 0.25) is 5.02 Å². The van der Waals surface area contributed by atoms with E-state index in [0.717, 1.165) is 85.2 Å². The van der Waals surface area contributed by atoms with Crippen molar-refractivity contribution in [3.8, 4) is 6.01 Å². The fourth-order valence-corrected chi connectivity index (χ4v) is 9.39. The van der Waals surface area contributed by atoms with E-state index in [1.165, 1.54) is 5.57 Å². The average Bonchev–Trinajstić information content (AvgIpc) is 3.68. The van der Waals surface area contributed by atoms with E-state index in [-0.39, 0.29) is 16.8 Å². The number of rotatable bonds is 6. The van der Waals surface area contributed by atoms with Gasteiger partial charge < -0.3 is 19.3 Å². The van der Waals surface area contributed by atoms with Crippen LogP contribution in [0.1, 0.15) is 61.2 Å². The molecule has 0 aromatic carbocycles. The molecule has 2 saturated heterocycles. The molecule has 0 amide bonds. The van der Waals surface area contributed by atoms with Gasteiger partial charge in [-0.25, -0.2) is 4.39 Å². The largest absolute Gasteiger partial charge is 0.461 e. The maximum Gasteiger partial charge on any atom is 0.318 e. The van der Waals surface area contributed by atoms with Crippen LogP contribution in [0.4, 0.5) is 10.2 Å². The van der Waals surface area contributed by atoms with Gasteiger partial charge in [0.05, 0.1) is 51.8 Å². The van der Waals surface area contributed by atoms with Crippen molar-refractivity contribution in [3.05, 3.63) is 51.5 Å². The van der Waals surface area contributed by atoms with E-state index in [4.69, 9.17) is 47.7 Å². The summed E-state index contributed by atoms with van der Waals surface area (Å²) < 4.78 is 29.9. The summed E-state index contributed by atoms with van der Waals surface area (Å²) in [6, 6.07) is 0.365. The number of hydrogen-bond acceptors (Lipinski definition) is 8. The molecule has 6 aliphatic rings. The zero-order chi connectivity index (χ0) is 30.9. The second kappa shape index (κ2) is 11.5. The Morgan fingerprint density at radius 2 is 2.07 bits per heavy atom. The minimum absolute atomic E-state index is 0.0160. The average molecular weight is 659 g/mol. The molecule has 9 nitrogen and oxygen atoms in total. The van der Waals surface area contributed by atoms with Gasteiger partial charge in [0.2, 0.25) is 0 Å². The van der Waals surface area contributed by atoms with Crippen LogP contribution < -0.4 is 9.64 Å². The van der Waals surface area contributed by atoms with Gasteiger partial charge in [-0.2, -0.15) is 15.1 Å². The summed E-state index contributed by atoms with van der Waals surface area (Å²) in [7, 11) is 4.05. The molecule has 0 radical (unpaired) electrons. The van der Waals surface area contributed by atoms with Crippen LogP contribution in [-0.2, 0) is 37.4 Å². The minimum atomic E-state index is -0.811. The van der Waals surface area contributed by atoms with Crippen molar-refractivity contribution >= 4 is 29.0 Å². The van der Waals surface area contributed by atoms with Crippen molar-refractivity contribution in [1.29, 1.82) is 0 Å². The van der Waals surface area contributed by atoms with Crippen LogP contribution >= 0.6 is 23.2 Å². The molecule has 6 heterocycles. The molecule has 1 spiro atoms. The predicted octanol–water partition coefficient (Wildman–Crippen LogP) is 5.08. The van der Waals surface area contributed by atoms with Gasteiger partial charge in [0, 0.05) is 50.5 Å². The quantitative estimate of drug-likeness (QED) is 0.399. The van der Waals surface area contributed by atoms with Crippen molar-refractivity contribution in [2.45, 2.75) is 93.9 Å². The Hall–Kier alpha value is -2.24. The molecular formula is C33H42Cl2FN7O2. The lowest BCUT2D eigenvalue weighted by atomic mass is 9.82. The molecule has 8 rings (SSSR count). The first-order chi connectivity index (χ1) is 21.7. The number of fused-ring (bicyclic) bond motifs is 5. The Balaban J connectivity index is 1.15. The van der Waals surface area contributed by atoms with Gasteiger partial charge in [0.25, 0.3) is 0 Å². The monoisotopic (exact) mass is 657 g/mol. The lowest BCUT2D eigenvalue weighted by Crippen LogP contribution is -2.44. The van der Waals surface area contributed by atoms with Crippen LogP contribution in [0.5, 0.6) is 6.01 Å². The van der Waals surface area contributed by atoms with E-state index in [2.05, 4.69) is 37.6 Å². The van der Waals surface area contributed by atoms with Crippen molar-refractivity contribution in [3.63, 3.8) is 0 Å². The highest BCUT2D eigenvalue weighted by Gasteiger charge is 2.51. The zero-order valence-electron chi connectivity index (χ0n) is 26.2. The van der Waals surface area contributed by atoms with Gasteiger partial charge in [-0.3, -0.25) is 9.58 Å². The summed E-state index contributed by atoms with van der Waals surface area (Å²) in [6.07, 6.45) is 11.5. The van der Waals surface area contributed by atoms with Crippen LogP contribution in [0, 0.1) is 5.92 Å². The van der Waals surface area contributed by atoms with Gasteiger partial charge >= 0.3 is 6.01 Å². The molecule has 0 bridgehead atoms. The van der Waals surface area contributed by atoms with Gasteiger partial charge in [0.15, 0.2) is 0 Å². The molecule has 4 aliphatic heterocycles. The number of ether oxygens (including phenoxy) is 2. The van der Waals surface area contributed by atoms with Crippen LogP contribution in [0.25, 0.3) is 0 Å². The second-order valence-electron chi connectivity index (χ2n) is 14.1. The van der Waals surface area contributed by atoms with Crippen LogP contribution in [0.3, 0.4) is 0 Å². The molecule has 3 fully saturated rings. The van der Waals surface area contributed by atoms with E-state index in [1.54, 1.807) is 0 Å². The highest BCUT2D eigenvalue weighted by Crippen LogP contribution is 2.51. The smallest absolute Gasteiger partial charge is 0.318 e. The van der Waals surface area contributed by atoms with Crippen LogP contribution in [-0.4, -0.2) is 92.6 Å². The fourth-order valence-electron chi connectivity index (χ4n) is 8.79. The summed E-state index contributed by atoms with van der Waals surface area (Å²) in [4.78, 5) is 16.8. The molecule has 2 aromatic heterocycles. The third-order valence-electron chi connectivity index (χ3n) is 10.9. The zero-order valence-corrected chi connectivity index (χ0v) is 27.7. The SMILES string of the molecule is CN(C)Cc1nn2c(c1Cl)CN(c1nc(OC[C@@]34CCCN3CC(F)C4)nc3c1CO[C@@]1(CCC4C1=CC=CC4Cl)C3)CCC2. The summed E-state index contributed by atoms with van der Waals surface area (Å²) in [5.74, 6) is 1.12. The van der Waals surface area contributed by atoms with Crippen molar-refractivity contribution in [2.75, 3.05) is 45.2 Å². The molecule has 2 aromatic rings. The molecule has 1 saturated carbocycles. The van der Waals surface area contributed by atoms with Crippen molar-refractivity contribution < 1.29 is 13.9 Å². The maximum absolute atomic E-state index is 14.6. The highest BCUT2D eigenvalue weighted by atomic mass is 35.5. The molecule has 5 atom stereocenters. The Kier molecular flexibility index (Phi) is 7.68. The van der Waals surface area contributed by atoms with E-state index < -0.39 is 11.8 Å². The molecule has 3 unspecified atom stereocenters. The standard InChI is InChI=1S/C33H42Cl2FN7O2/c1-40(2)17-27-29(35)28-18-41(11-5-13-43(28)39-27)30-23-19-45-33(10-8-22-24(33)6-3-7-25(22)34)15-26(23)37-31(38-30)44-20-32-9-4-12-42(32)16-21(36)14-32/h3,6-7,21-22,25H,4-5,8-20H2,1-2H3/t21?,22?,25?,32-,33-/m0/s1. The number of aromatic nitrogens is 4. The highest BCUT2D eigenvalue weighted by molar-refractivity contribution is 6.32. The topological polar surface area (TPSA) is 71.8 Å². The first-order valence-corrected chi connectivity index (χ1v) is 17.3. The number of halogens is 3. The fraction of sp³-hybridized carbons (Fsp3) is 0.667. The molecular weight excluding hydrogens is 616 g/mol. The summed E-state index contributed by atoms with van der Waals surface area (Å²) in [5, 5.41) is 5.57. The lowest BCUT2D eigenvalue weighted by molar-refractivity contribution is -0.0378. The van der Waals surface area contributed by atoms with Crippen molar-refractivity contribution in [2.24, 2.45) is 5.92 Å². The predicted molar refractivity (Wildman–Crippen MR) is 172 cm³/mol. The molecule has 45 heavy (non-hydrogen) atoms. The number of allylic oxidation sites excluding steroid dienone is 3. The lowest BCUT2D eigenvalue weighted by Gasteiger charge is -2.39. The number of aryl methyl sites for hydroxylation is 1. The number of anilines is 1. The van der Waals surface area contributed by atoms with Gasteiger partial charge in [-0.05, 0) is 58.3 Å². The van der Waals surface area contributed by atoms with Gasteiger partial charge in [0.1, 0.15) is 18.6 Å². The van der Waals surface area contributed by atoms with Gasteiger partial charge in [-0.15, -0.1) is 11.6 Å². The molecule has 0 N–H and O–H groups in total. The Morgan fingerprint density at radius 3 is 2.93 bits per heavy atom. The second-order valence-corrected chi connectivity index (χ2v) is 15.0. The summed E-state index contributed by atoms with van der Waals surface area (Å²) in [5.41, 5.74) is 4.45. The summed E-state index contributed by atoms with van der Waals surface area (Å²) in [6.45, 7) is 5.08. The Morgan fingerprint density at radius 1 is 1.18 bits per heavy atom. The molecule has 12 heteroatoms. The first-order valence-electron chi connectivity index (χ1n) is 16.5. The molecule has 2 aliphatic carbocycles. The third-order valence-corrected chi connectivity index (χ3v) is 11.8. The van der Waals surface area contributed by atoms with Crippen LogP contribution in [0.15, 0.2) is 23.8 Å². The number of hydrogen-bond donors (Lipinski definition) is 0. The normalized spacial score (nSPS) is 32.4. The van der Waals surface area contributed by atoms with E-state index in [9.17, 15) is 4.39 Å². The Labute approximate surface area is 274 Å².